The number of nitrogens with one attached hydrogen (secondary N) is 3. The van der Waals surface area contributed by atoms with Crippen LogP contribution in [0.2, 0.25) is 0 Å². The highest BCUT2D eigenvalue weighted by atomic mass is 19.1. The van der Waals surface area contributed by atoms with E-state index in [9.17, 15) is 14.0 Å². The molecule has 6 heteroatoms. The summed E-state index contributed by atoms with van der Waals surface area (Å²) in [6.07, 6.45) is 4.34. The fourth-order valence-electron chi connectivity index (χ4n) is 3.09. The van der Waals surface area contributed by atoms with Gasteiger partial charge in [-0.15, -0.1) is 0 Å². The Hall–Kier alpha value is -1.95. The zero-order valence-corrected chi connectivity index (χ0v) is 14.3. The second-order valence-electron chi connectivity index (χ2n) is 6.51. The van der Waals surface area contributed by atoms with E-state index in [1.807, 2.05) is 0 Å². The summed E-state index contributed by atoms with van der Waals surface area (Å²) in [5.74, 6) is -0.320. The van der Waals surface area contributed by atoms with Gasteiger partial charge < -0.3 is 10.6 Å². The van der Waals surface area contributed by atoms with E-state index in [2.05, 4.69) is 22.9 Å². The van der Waals surface area contributed by atoms with Crippen LogP contribution >= 0.6 is 0 Å². The van der Waals surface area contributed by atoms with Crippen molar-refractivity contribution >= 4 is 11.9 Å². The van der Waals surface area contributed by atoms with Crippen molar-refractivity contribution in [2.45, 2.75) is 51.6 Å². The van der Waals surface area contributed by atoms with Crippen molar-refractivity contribution in [3.63, 3.8) is 0 Å². The van der Waals surface area contributed by atoms with Gasteiger partial charge in [0.25, 0.3) is 0 Å². The normalized spacial score (nSPS) is 21.8. The Balaban J connectivity index is 1.74. The third kappa shape index (κ3) is 5.30. The molecule has 1 saturated carbocycles. The van der Waals surface area contributed by atoms with E-state index in [4.69, 9.17) is 0 Å². The Kier molecular flexibility index (Phi) is 6.73. The van der Waals surface area contributed by atoms with Crippen LogP contribution in [0.25, 0.3) is 0 Å². The number of benzene rings is 1. The first-order valence-corrected chi connectivity index (χ1v) is 8.55. The van der Waals surface area contributed by atoms with E-state index in [-0.39, 0.29) is 24.4 Å². The maximum absolute atomic E-state index is 13.7. The van der Waals surface area contributed by atoms with Gasteiger partial charge in [0.15, 0.2) is 0 Å². The topological polar surface area (TPSA) is 70.2 Å². The standard InChI is InChI=1S/C18H26FN3O2/c1-12-7-3-6-10-16(12)21-18(24)22-17(23)11-20-13(2)14-8-4-5-9-15(14)19/h4-5,8-9,12-13,16,20H,3,6-7,10-11H2,1-2H3,(H2,21,22,23,24). The Morgan fingerprint density at radius 1 is 1.25 bits per heavy atom. The summed E-state index contributed by atoms with van der Waals surface area (Å²) < 4.78 is 13.7. The third-order valence-corrected chi connectivity index (χ3v) is 4.62. The lowest BCUT2D eigenvalue weighted by Gasteiger charge is -2.29. The molecular formula is C18H26FN3O2. The molecular weight excluding hydrogens is 309 g/mol. The highest BCUT2D eigenvalue weighted by Crippen LogP contribution is 2.23. The Morgan fingerprint density at radius 2 is 1.96 bits per heavy atom. The molecule has 2 rings (SSSR count). The number of carbonyl (C=O) groups excluding carboxylic acids is 2. The number of hydrogen-bond donors (Lipinski definition) is 3. The maximum atomic E-state index is 13.7. The van der Waals surface area contributed by atoms with Crippen LogP contribution in [0.4, 0.5) is 9.18 Å². The van der Waals surface area contributed by atoms with Gasteiger partial charge in [0.1, 0.15) is 5.82 Å². The quantitative estimate of drug-likeness (QED) is 0.775. The molecule has 1 fully saturated rings. The molecule has 1 aliphatic carbocycles. The van der Waals surface area contributed by atoms with Gasteiger partial charge in [-0.2, -0.15) is 0 Å². The molecule has 3 N–H and O–H groups in total. The van der Waals surface area contributed by atoms with Gasteiger partial charge in [-0.3, -0.25) is 10.1 Å². The summed E-state index contributed by atoms with van der Waals surface area (Å²) in [7, 11) is 0. The van der Waals surface area contributed by atoms with Crippen LogP contribution < -0.4 is 16.0 Å². The minimum Gasteiger partial charge on any atom is -0.335 e. The van der Waals surface area contributed by atoms with Crippen LogP contribution in [-0.4, -0.2) is 24.5 Å². The SMILES string of the molecule is CC(NCC(=O)NC(=O)NC1CCCCC1C)c1ccccc1F. The molecule has 1 aliphatic rings. The highest BCUT2D eigenvalue weighted by Gasteiger charge is 2.23. The lowest BCUT2D eigenvalue weighted by Crippen LogP contribution is -2.49. The zero-order valence-electron chi connectivity index (χ0n) is 14.3. The molecule has 3 atom stereocenters. The Labute approximate surface area is 142 Å². The lowest BCUT2D eigenvalue weighted by molar-refractivity contribution is -0.119. The van der Waals surface area contributed by atoms with Crippen molar-refractivity contribution in [2.24, 2.45) is 5.92 Å². The second-order valence-corrected chi connectivity index (χ2v) is 6.51. The summed E-state index contributed by atoms with van der Waals surface area (Å²) in [5, 5.41) is 8.12. The van der Waals surface area contributed by atoms with Crippen LogP contribution in [0.15, 0.2) is 24.3 Å². The summed E-state index contributed by atoms with van der Waals surface area (Å²) >= 11 is 0. The molecule has 1 aromatic rings. The van der Waals surface area contributed by atoms with Gasteiger partial charge in [-0.1, -0.05) is 38.0 Å². The van der Waals surface area contributed by atoms with E-state index in [1.165, 1.54) is 12.5 Å². The molecule has 3 amide bonds. The maximum Gasteiger partial charge on any atom is 0.321 e. The Morgan fingerprint density at radius 3 is 2.67 bits per heavy atom. The van der Waals surface area contributed by atoms with Crippen molar-refractivity contribution in [2.75, 3.05) is 6.54 Å². The summed E-state index contributed by atoms with van der Waals surface area (Å²) in [4.78, 5) is 23.8. The van der Waals surface area contributed by atoms with E-state index in [0.717, 1.165) is 19.3 Å². The first kappa shape index (κ1) is 18.4. The van der Waals surface area contributed by atoms with Gasteiger partial charge >= 0.3 is 6.03 Å². The fraction of sp³-hybridized carbons (Fsp3) is 0.556. The van der Waals surface area contributed by atoms with Gasteiger partial charge in [-0.05, 0) is 31.7 Å². The molecule has 5 nitrogen and oxygen atoms in total. The molecule has 0 heterocycles. The predicted octanol–water partition coefficient (Wildman–Crippen LogP) is 2.88. The largest absolute Gasteiger partial charge is 0.335 e. The number of carbonyl (C=O) groups is 2. The van der Waals surface area contributed by atoms with Crippen molar-refractivity contribution < 1.29 is 14.0 Å². The van der Waals surface area contributed by atoms with Gasteiger partial charge in [0.2, 0.25) is 5.91 Å². The lowest BCUT2D eigenvalue weighted by atomic mass is 9.86. The minimum atomic E-state index is -0.459. The van der Waals surface area contributed by atoms with Gasteiger partial charge in [-0.25, -0.2) is 9.18 Å². The average Bonchev–Trinajstić information content (AvgIpc) is 2.55. The van der Waals surface area contributed by atoms with E-state index in [0.29, 0.717) is 11.5 Å². The first-order chi connectivity index (χ1) is 11.5. The number of rotatable bonds is 5. The second kappa shape index (κ2) is 8.78. The zero-order chi connectivity index (χ0) is 17.5. The van der Waals surface area contributed by atoms with Crippen molar-refractivity contribution in [1.29, 1.82) is 0 Å². The van der Waals surface area contributed by atoms with Gasteiger partial charge in [0, 0.05) is 17.6 Å². The minimum absolute atomic E-state index is 0.0524. The van der Waals surface area contributed by atoms with Crippen LogP contribution in [0, 0.1) is 11.7 Å². The average molecular weight is 335 g/mol. The molecule has 0 aromatic heterocycles. The molecule has 132 valence electrons. The molecule has 0 saturated heterocycles. The van der Waals surface area contributed by atoms with Gasteiger partial charge in [0.05, 0.1) is 6.54 Å². The third-order valence-electron chi connectivity index (χ3n) is 4.62. The molecule has 0 bridgehead atoms. The molecule has 1 aromatic carbocycles. The molecule has 0 radical (unpaired) electrons. The van der Waals surface area contributed by atoms with Crippen molar-refractivity contribution in [3.8, 4) is 0 Å². The number of hydrogen-bond acceptors (Lipinski definition) is 3. The molecule has 24 heavy (non-hydrogen) atoms. The summed E-state index contributed by atoms with van der Waals surface area (Å²) in [6, 6.07) is 5.76. The van der Waals surface area contributed by atoms with E-state index >= 15 is 0 Å². The summed E-state index contributed by atoms with van der Waals surface area (Å²) in [5.41, 5.74) is 0.491. The highest BCUT2D eigenvalue weighted by molar-refractivity contribution is 5.95. The van der Waals surface area contributed by atoms with Crippen LogP contribution in [-0.2, 0) is 4.79 Å². The van der Waals surface area contributed by atoms with Crippen molar-refractivity contribution in [1.82, 2.24) is 16.0 Å². The number of urea groups is 1. The first-order valence-electron chi connectivity index (χ1n) is 8.55. The van der Waals surface area contributed by atoms with Crippen LogP contribution in [0.3, 0.4) is 0 Å². The van der Waals surface area contributed by atoms with Crippen LogP contribution in [0.1, 0.15) is 51.1 Å². The van der Waals surface area contributed by atoms with E-state index in [1.54, 1.807) is 25.1 Å². The van der Waals surface area contributed by atoms with Crippen LogP contribution in [0.5, 0.6) is 0 Å². The number of imide groups is 1. The molecule has 0 aliphatic heterocycles. The van der Waals surface area contributed by atoms with E-state index < -0.39 is 11.9 Å². The molecule has 0 spiro atoms. The fourth-order valence-corrected chi connectivity index (χ4v) is 3.09. The monoisotopic (exact) mass is 335 g/mol. The predicted molar refractivity (Wildman–Crippen MR) is 90.9 cm³/mol. The number of amides is 3. The smallest absolute Gasteiger partial charge is 0.321 e. The Bertz CT molecular complexity index is 579. The molecule has 3 unspecified atom stereocenters. The number of halogens is 1. The van der Waals surface area contributed by atoms with Crippen molar-refractivity contribution in [3.05, 3.63) is 35.6 Å². The summed E-state index contributed by atoms with van der Waals surface area (Å²) in [6.45, 7) is 3.84.